The second-order valence-corrected chi connectivity index (χ2v) is 5.34. The molecule has 0 atom stereocenters. The second kappa shape index (κ2) is 4.88. The van der Waals surface area contributed by atoms with Crippen molar-refractivity contribution in [2.24, 2.45) is 5.73 Å². The monoisotopic (exact) mass is 234 g/mol. The fourth-order valence-corrected chi connectivity index (χ4v) is 1.64. The van der Waals surface area contributed by atoms with Crippen molar-refractivity contribution in [1.82, 2.24) is 0 Å². The third kappa shape index (κ3) is 3.30. The standard InChI is InChI=1S/C14H22N2O/c1-10(2)11-7-6-8-12(9-11)16(5)13(17)14(3,4)15/h6-10H,15H2,1-5H3. The Kier molecular flexibility index (Phi) is 3.94. The Morgan fingerprint density at radius 1 is 1.35 bits per heavy atom. The van der Waals surface area contributed by atoms with Gasteiger partial charge in [0.2, 0.25) is 5.91 Å². The summed E-state index contributed by atoms with van der Waals surface area (Å²) in [4.78, 5) is 13.7. The highest BCUT2D eigenvalue weighted by molar-refractivity contribution is 5.99. The molecule has 0 aliphatic rings. The van der Waals surface area contributed by atoms with E-state index < -0.39 is 5.54 Å². The zero-order chi connectivity index (χ0) is 13.2. The van der Waals surface area contributed by atoms with Gasteiger partial charge in [0.1, 0.15) is 0 Å². The molecule has 94 valence electrons. The summed E-state index contributed by atoms with van der Waals surface area (Å²) in [5, 5.41) is 0. The maximum Gasteiger partial charge on any atom is 0.246 e. The van der Waals surface area contributed by atoms with E-state index in [0.717, 1.165) is 5.69 Å². The number of benzene rings is 1. The van der Waals surface area contributed by atoms with E-state index in [9.17, 15) is 4.79 Å². The van der Waals surface area contributed by atoms with Gasteiger partial charge in [0.05, 0.1) is 5.54 Å². The van der Waals surface area contributed by atoms with Gasteiger partial charge in [-0.05, 0) is 37.5 Å². The summed E-state index contributed by atoms with van der Waals surface area (Å²) < 4.78 is 0. The van der Waals surface area contributed by atoms with Crippen molar-refractivity contribution in [3.63, 3.8) is 0 Å². The van der Waals surface area contributed by atoms with Crippen LogP contribution in [-0.4, -0.2) is 18.5 Å². The minimum atomic E-state index is -0.845. The summed E-state index contributed by atoms with van der Waals surface area (Å²) in [6.07, 6.45) is 0. The third-order valence-electron chi connectivity index (χ3n) is 2.78. The third-order valence-corrected chi connectivity index (χ3v) is 2.78. The lowest BCUT2D eigenvalue weighted by molar-refractivity contribution is -0.122. The van der Waals surface area contributed by atoms with Crippen LogP contribution in [0.2, 0.25) is 0 Å². The molecule has 0 aliphatic heterocycles. The minimum Gasteiger partial charge on any atom is -0.318 e. The quantitative estimate of drug-likeness (QED) is 0.873. The average molecular weight is 234 g/mol. The molecule has 0 heterocycles. The van der Waals surface area contributed by atoms with E-state index in [-0.39, 0.29) is 5.91 Å². The molecule has 0 saturated heterocycles. The van der Waals surface area contributed by atoms with Gasteiger partial charge in [0, 0.05) is 12.7 Å². The lowest BCUT2D eigenvalue weighted by atomic mass is 10.0. The van der Waals surface area contributed by atoms with E-state index in [4.69, 9.17) is 5.73 Å². The van der Waals surface area contributed by atoms with Gasteiger partial charge < -0.3 is 10.6 Å². The number of rotatable bonds is 3. The van der Waals surface area contributed by atoms with Crippen LogP contribution in [-0.2, 0) is 4.79 Å². The van der Waals surface area contributed by atoms with Gasteiger partial charge in [0.25, 0.3) is 0 Å². The number of hydrogen-bond acceptors (Lipinski definition) is 2. The molecule has 1 aromatic carbocycles. The Balaban J connectivity index is 3.01. The first-order chi connectivity index (χ1) is 7.73. The Hall–Kier alpha value is -1.35. The van der Waals surface area contributed by atoms with Gasteiger partial charge in [-0.3, -0.25) is 4.79 Å². The first-order valence-corrected chi connectivity index (χ1v) is 5.90. The van der Waals surface area contributed by atoms with Gasteiger partial charge in [0.15, 0.2) is 0 Å². The molecule has 0 bridgehead atoms. The number of hydrogen-bond donors (Lipinski definition) is 1. The molecule has 0 aromatic heterocycles. The summed E-state index contributed by atoms with van der Waals surface area (Å²) in [6, 6.07) is 8.00. The summed E-state index contributed by atoms with van der Waals surface area (Å²) in [6.45, 7) is 7.71. The molecule has 0 radical (unpaired) electrons. The predicted octanol–water partition coefficient (Wildman–Crippen LogP) is 2.51. The van der Waals surface area contributed by atoms with Crippen molar-refractivity contribution >= 4 is 11.6 Å². The van der Waals surface area contributed by atoms with Crippen molar-refractivity contribution < 1.29 is 4.79 Å². The van der Waals surface area contributed by atoms with E-state index >= 15 is 0 Å². The molecule has 0 fully saturated rings. The van der Waals surface area contributed by atoms with E-state index in [2.05, 4.69) is 19.9 Å². The number of likely N-dealkylation sites (N-methyl/N-ethyl adjacent to an activating group) is 1. The fourth-order valence-electron chi connectivity index (χ4n) is 1.64. The van der Waals surface area contributed by atoms with E-state index in [1.165, 1.54) is 5.56 Å². The fraction of sp³-hybridized carbons (Fsp3) is 0.500. The highest BCUT2D eigenvalue weighted by atomic mass is 16.2. The molecule has 0 saturated carbocycles. The molecular weight excluding hydrogens is 212 g/mol. The first-order valence-electron chi connectivity index (χ1n) is 5.90. The lowest BCUT2D eigenvalue weighted by Gasteiger charge is -2.26. The second-order valence-electron chi connectivity index (χ2n) is 5.34. The molecule has 17 heavy (non-hydrogen) atoms. The van der Waals surface area contributed by atoms with Crippen LogP contribution in [0, 0.1) is 0 Å². The smallest absolute Gasteiger partial charge is 0.246 e. The Bertz CT molecular complexity index is 405. The van der Waals surface area contributed by atoms with Crippen LogP contribution in [0.25, 0.3) is 0 Å². The number of anilines is 1. The summed E-state index contributed by atoms with van der Waals surface area (Å²) in [5.74, 6) is 0.364. The molecular formula is C14H22N2O. The van der Waals surface area contributed by atoms with E-state index in [1.807, 2.05) is 18.2 Å². The molecule has 2 N–H and O–H groups in total. The molecule has 0 aliphatic carbocycles. The number of amides is 1. The first kappa shape index (κ1) is 13.7. The largest absolute Gasteiger partial charge is 0.318 e. The van der Waals surface area contributed by atoms with Crippen LogP contribution >= 0.6 is 0 Å². The minimum absolute atomic E-state index is 0.0848. The number of nitrogens with two attached hydrogens (primary N) is 1. The summed E-state index contributed by atoms with van der Waals surface area (Å²) >= 11 is 0. The highest BCUT2D eigenvalue weighted by Gasteiger charge is 2.26. The summed E-state index contributed by atoms with van der Waals surface area (Å²) in [5.41, 5.74) is 7.09. The SMILES string of the molecule is CC(C)c1cccc(N(C)C(=O)C(C)(C)N)c1. The van der Waals surface area contributed by atoms with Crippen LogP contribution in [0.3, 0.4) is 0 Å². The van der Waals surface area contributed by atoms with Crippen molar-refractivity contribution in [2.75, 3.05) is 11.9 Å². The van der Waals surface area contributed by atoms with Crippen molar-refractivity contribution in [2.45, 2.75) is 39.2 Å². The average Bonchev–Trinajstić information content (AvgIpc) is 2.26. The topological polar surface area (TPSA) is 46.3 Å². The van der Waals surface area contributed by atoms with Gasteiger partial charge in [-0.25, -0.2) is 0 Å². The molecule has 1 amide bonds. The maximum absolute atomic E-state index is 12.0. The van der Waals surface area contributed by atoms with Gasteiger partial charge >= 0.3 is 0 Å². The molecule has 3 heteroatoms. The zero-order valence-corrected chi connectivity index (χ0v) is 11.3. The van der Waals surface area contributed by atoms with E-state index in [1.54, 1.807) is 25.8 Å². The van der Waals surface area contributed by atoms with Crippen LogP contribution in [0.5, 0.6) is 0 Å². The van der Waals surface area contributed by atoms with Gasteiger partial charge in [-0.2, -0.15) is 0 Å². The maximum atomic E-state index is 12.0. The van der Waals surface area contributed by atoms with Crippen LogP contribution in [0.1, 0.15) is 39.2 Å². The lowest BCUT2D eigenvalue weighted by Crippen LogP contribution is -2.49. The zero-order valence-electron chi connectivity index (χ0n) is 11.3. The number of carbonyl (C=O) groups is 1. The number of carbonyl (C=O) groups excluding carboxylic acids is 1. The molecule has 0 spiro atoms. The molecule has 1 rings (SSSR count). The normalized spacial score (nSPS) is 11.7. The number of nitrogens with zero attached hydrogens (tertiary/aromatic N) is 1. The van der Waals surface area contributed by atoms with Gasteiger partial charge in [-0.1, -0.05) is 26.0 Å². The highest BCUT2D eigenvalue weighted by Crippen LogP contribution is 2.22. The van der Waals surface area contributed by atoms with Crippen LogP contribution < -0.4 is 10.6 Å². The summed E-state index contributed by atoms with van der Waals surface area (Å²) in [7, 11) is 1.76. The molecule has 3 nitrogen and oxygen atoms in total. The van der Waals surface area contributed by atoms with Crippen molar-refractivity contribution in [3.8, 4) is 0 Å². The molecule has 1 aromatic rings. The van der Waals surface area contributed by atoms with Crippen LogP contribution in [0.15, 0.2) is 24.3 Å². The van der Waals surface area contributed by atoms with Crippen molar-refractivity contribution in [1.29, 1.82) is 0 Å². The Labute approximate surface area is 104 Å². The van der Waals surface area contributed by atoms with E-state index in [0.29, 0.717) is 5.92 Å². The van der Waals surface area contributed by atoms with Crippen molar-refractivity contribution in [3.05, 3.63) is 29.8 Å². The Morgan fingerprint density at radius 3 is 2.41 bits per heavy atom. The molecule has 0 unspecified atom stereocenters. The predicted molar refractivity (Wildman–Crippen MR) is 72.2 cm³/mol. The van der Waals surface area contributed by atoms with Gasteiger partial charge in [-0.15, -0.1) is 0 Å². The Morgan fingerprint density at radius 2 is 1.94 bits per heavy atom. The van der Waals surface area contributed by atoms with Crippen LogP contribution in [0.4, 0.5) is 5.69 Å².